The maximum Gasteiger partial charge on any atom is 0.250 e. The van der Waals surface area contributed by atoms with Crippen molar-refractivity contribution in [2.45, 2.75) is 13.0 Å². The highest BCUT2D eigenvalue weighted by molar-refractivity contribution is 5.81. The quantitative estimate of drug-likeness (QED) is 0.676. The number of carbonyl (C=O) groups is 1. The lowest BCUT2D eigenvalue weighted by Crippen LogP contribution is -2.49. The molecule has 0 bridgehead atoms. The zero-order valence-corrected chi connectivity index (χ0v) is 11.7. The summed E-state index contributed by atoms with van der Waals surface area (Å²) in [5.74, 6) is 0.444. The fourth-order valence-corrected chi connectivity index (χ4v) is 2.41. The van der Waals surface area contributed by atoms with E-state index in [4.69, 9.17) is 9.47 Å². The molecule has 2 saturated heterocycles. The Labute approximate surface area is 114 Å². The van der Waals surface area contributed by atoms with Crippen LogP contribution in [-0.2, 0) is 14.3 Å². The van der Waals surface area contributed by atoms with Gasteiger partial charge in [0.2, 0.25) is 5.91 Å². The molecule has 0 saturated carbocycles. The highest BCUT2D eigenvalue weighted by Crippen LogP contribution is 2.03. The molecule has 1 amide bonds. The molecule has 0 aliphatic carbocycles. The lowest BCUT2D eigenvalue weighted by Gasteiger charge is -2.29. The normalized spacial score (nSPS) is 26.9. The maximum absolute atomic E-state index is 11.9. The molecule has 2 unspecified atom stereocenters. The van der Waals surface area contributed by atoms with Crippen molar-refractivity contribution in [3.05, 3.63) is 0 Å². The van der Waals surface area contributed by atoms with Crippen LogP contribution < -0.4 is 10.6 Å². The van der Waals surface area contributed by atoms with E-state index in [0.29, 0.717) is 25.6 Å². The summed E-state index contributed by atoms with van der Waals surface area (Å²) in [6.07, 6.45) is -0.329. The van der Waals surface area contributed by atoms with Crippen molar-refractivity contribution in [3.63, 3.8) is 0 Å². The van der Waals surface area contributed by atoms with Crippen LogP contribution in [0, 0.1) is 5.92 Å². The van der Waals surface area contributed by atoms with Crippen LogP contribution in [-0.4, -0.2) is 76.0 Å². The largest absolute Gasteiger partial charge is 0.379 e. The van der Waals surface area contributed by atoms with E-state index in [1.807, 2.05) is 0 Å². The summed E-state index contributed by atoms with van der Waals surface area (Å²) in [4.78, 5) is 14.3. The van der Waals surface area contributed by atoms with Crippen molar-refractivity contribution < 1.29 is 14.3 Å². The van der Waals surface area contributed by atoms with Gasteiger partial charge in [-0.2, -0.15) is 0 Å². The van der Waals surface area contributed by atoms with Gasteiger partial charge < -0.3 is 20.1 Å². The van der Waals surface area contributed by atoms with Gasteiger partial charge in [-0.05, 0) is 5.92 Å². The minimum absolute atomic E-state index is 0.000951. The topological polar surface area (TPSA) is 62.8 Å². The van der Waals surface area contributed by atoms with Crippen LogP contribution in [0.15, 0.2) is 0 Å². The Bertz CT molecular complexity index is 276. The first-order chi connectivity index (χ1) is 9.25. The van der Waals surface area contributed by atoms with Crippen molar-refractivity contribution in [1.29, 1.82) is 0 Å². The molecule has 2 aliphatic heterocycles. The lowest BCUT2D eigenvalue weighted by molar-refractivity contribution is -0.134. The molecular weight excluding hydrogens is 246 g/mol. The Kier molecular flexibility index (Phi) is 6.03. The summed E-state index contributed by atoms with van der Waals surface area (Å²) in [6, 6.07) is 0. The molecule has 2 N–H and O–H groups in total. The molecule has 2 fully saturated rings. The van der Waals surface area contributed by atoms with Crippen LogP contribution >= 0.6 is 0 Å². The first-order valence-electron chi connectivity index (χ1n) is 7.16. The second kappa shape index (κ2) is 7.79. The Morgan fingerprint density at radius 3 is 2.89 bits per heavy atom. The molecular formula is C13H25N3O3. The first kappa shape index (κ1) is 14.7. The predicted octanol–water partition coefficient (Wildman–Crippen LogP) is -0.941. The summed E-state index contributed by atoms with van der Waals surface area (Å²) < 4.78 is 10.7. The van der Waals surface area contributed by atoms with E-state index >= 15 is 0 Å². The summed E-state index contributed by atoms with van der Waals surface area (Å²) in [5.41, 5.74) is 0. The van der Waals surface area contributed by atoms with E-state index < -0.39 is 0 Å². The van der Waals surface area contributed by atoms with Gasteiger partial charge in [0.1, 0.15) is 6.10 Å². The van der Waals surface area contributed by atoms with Crippen LogP contribution in [0.5, 0.6) is 0 Å². The van der Waals surface area contributed by atoms with Crippen molar-refractivity contribution in [2.24, 2.45) is 5.92 Å². The Balaban J connectivity index is 1.61. The van der Waals surface area contributed by atoms with Gasteiger partial charge in [0.15, 0.2) is 0 Å². The molecule has 0 spiro atoms. The lowest BCUT2D eigenvalue weighted by atomic mass is 10.1. The van der Waals surface area contributed by atoms with E-state index in [-0.39, 0.29) is 12.0 Å². The Morgan fingerprint density at radius 1 is 1.42 bits per heavy atom. The zero-order valence-electron chi connectivity index (χ0n) is 11.7. The highest BCUT2D eigenvalue weighted by Gasteiger charge is 2.22. The van der Waals surface area contributed by atoms with Gasteiger partial charge in [-0.15, -0.1) is 0 Å². The van der Waals surface area contributed by atoms with Gasteiger partial charge >= 0.3 is 0 Å². The average molecular weight is 271 g/mol. The minimum atomic E-state index is -0.329. The van der Waals surface area contributed by atoms with Crippen molar-refractivity contribution in [2.75, 3.05) is 59.1 Å². The Morgan fingerprint density at radius 2 is 2.21 bits per heavy atom. The fraction of sp³-hybridized carbons (Fsp3) is 0.923. The van der Waals surface area contributed by atoms with E-state index in [9.17, 15) is 4.79 Å². The molecule has 0 radical (unpaired) electrons. The van der Waals surface area contributed by atoms with E-state index in [2.05, 4.69) is 22.5 Å². The van der Waals surface area contributed by atoms with Crippen LogP contribution in [0.25, 0.3) is 0 Å². The highest BCUT2D eigenvalue weighted by atomic mass is 16.5. The molecule has 0 aromatic heterocycles. The van der Waals surface area contributed by atoms with Crippen LogP contribution in [0.4, 0.5) is 0 Å². The van der Waals surface area contributed by atoms with E-state index in [1.165, 1.54) is 0 Å². The SMILES string of the molecule is CC(CNC(=O)C1CNCCO1)CN1CCOCC1. The van der Waals surface area contributed by atoms with Gasteiger partial charge in [-0.1, -0.05) is 6.92 Å². The average Bonchev–Trinajstić information content (AvgIpc) is 2.47. The van der Waals surface area contributed by atoms with Crippen molar-refractivity contribution >= 4 is 5.91 Å². The van der Waals surface area contributed by atoms with Crippen molar-refractivity contribution in [1.82, 2.24) is 15.5 Å². The number of morpholine rings is 2. The van der Waals surface area contributed by atoms with Crippen LogP contribution in [0.1, 0.15) is 6.92 Å². The second-order valence-electron chi connectivity index (χ2n) is 5.33. The molecule has 2 heterocycles. The second-order valence-corrected chi connectivity index (χ2v) is 5.33. The van der Waals surface area contributed by atoms with Gasteiger partial charge in [0, 0.05) is 39.3 Å². The maximum atomic E-state index is 11.9. The summed E-state index contributed by atoms with van der Waals surface area (Å²) >= 11 is 0. The first-order valence-corrected chi connectivity index (χ1v) is 7.16. The molecule has 0 aromatic carbocycles. The van der Waals surface area contributed by atoms with Gasteiger partial charge in [0.05, 0.1) is 19.8 Å². The van der Waals surface area contributed by atoms with Crippen LogP contribution in [0.3, 0.4) is 0 Å². The Hall–Kier alpha value is -0.690. The predicted molar refractivity (Wildman–Crippen MR) is 72.0 cm³/mol. The van der Waals surface area contributed by atoms with Gasteiger partial charge in [0.25, 0.3) is 0 Å². The van der Waals surface area contributed by atoms with E-state index in [0.717, 1.165) is 39.4 Å². The molecule has 6 heteroatoms. The number of amides is 1. The van der Waals surface area contributed by atoms with Crippen LogP contribution in [0.2, 0.25) is 0 Å². The molecule has 0 aromatic rings. The number of rotatable bonds is 5. The third kappa shape index (κ3) is 5.06. The standard InChI is InChI=1S/C13H25N3O3/c1-11(10-16-3-6-18-7-4-16)8-15-13(17)12-9-14-2-5-19-12/h11-12,14H,2-10H2,1H3,(H,15,17). The number of hydrogen-bond acceptors (Lipinski definition) is 5. The monoisotopic (exact) mass is 271 g/mol. The number of hydrogen-bond donors (Lipinski definition) is 2. The summed E-state index contributed by atoms with van der Waals surface area (Å²) in [6.45, 7) is 9.56. The van der Waals surface area contributed by atoms with Crippen molar-refractivity contribution in [3.8, 4) is 0 Å². The molecule has 2 aliphatic rings. The number of nitrogens with one attached hydrogen (secondary N) is 2. The third-order valence-electron chi connectivity index (χ3n) is 3.52. The summed E-state index contributed by atoms with van der Waals surface area (Å²) in [7, 11) is 0. The van der Waals surface area contributed by atoms with E-state index in [1.54, 1.807) is 0 Å². The number of carbonyl (C=O) groups excluding carboxylic acids is 1. The molecule has 2 atom stereocenters. The van der Waals surface area contributed by atoms with Gasteiger partial charge in [-0.3, -0.25) is 9.69 Å². The minimum Gasteiger partial charge on any atom is -0.379 e. The summed E-state index contributed by atoms with van der Waals surface area (Å²) in [5, 5.41) is 6.14. The van der Waals surface area contributed by atoms with Gasteiger partial charge in [-0.25, -0.2) is 0 Å². The fourth-order valence-electron chi connectivity index (χ4n) is 2.41. The number of nitrogens with zero attached hydrogens (tertiary/aromatic N) is 1. The smallest absolute Gasteiger partial charge is 0.250 e. The molecule has 6 nitrogen and oxygen atoms in total. The molecule has 19 heavy (non-hydrogen) atoms. The third-order valence-corrected chi connectivity index (χ3v) is 3.52. The molecule has 110 valence electrons. The zero-order chi connectivity index (χ0) is 13.5. The molecule has 2 rings (SSSR count). The number of ether oxygens (including phenoxy) is 2.